The molecule has 3 heteroatoms. The molecular weight excluding hydrogens is 174 g/mol. The van der Waals surface area contributed by atoms with E-state index in [1.807, 2.05) is 12.4 Å². The number of nitrogens with one attached hydrogen (secondary N) is 1. The minimum atomic E-state index is 0.601. The van der Waals surface area contributed by atoms with Crippen molar-refractivity contribution < 1.29 is 0 Å². The van der Waals surface area contributed by atoms with Crippen molar-refractivity contribution in [1.29, 1.82) is 0 Å². The Morgan fingerprint density at radius 2 is 1.71 bits per heavy atom. The number of hydrogen-bond acceptors (Lipinski definition) is 3. The topological polar surface area (TPSA) is 37.8 Å². The summed E-state index contributed by atoms with van der Waals surface area (Å²) < 4.78 is 0. The molecule has 0 spiro atoms. The fourth-order valence-electron chi connectivity index (χ4n) is 2.37. The highest BCUT2D eigenvalue weighted by Crippen LogP contribution is 2.28. The van der Waals surface area contributed by atoms with Crippen LogP contribution in [-0.2, 0) is 0 Å². The second kappa shape index (κ2) is 4.05. The summed E-state index contributed by atoms with van der Waals surface area (Å²) in [7, 11) is 0. The SMILES string of the molecule is CC1CC(c2cncnc2)CC(C)N1. The van der Waals surface area contributed by atoms with Crippen molar-refractivity contribution in [3.63, 3.8) is 0 Å². The molecule has 1 aromatic rings. The van der Waals surface area contributed by atoms with Gasteiger partial charge in [-0.3, -0.25) is 0 Å². The predicted molar refractivity (Wildman–Crippen MR) is 56.1 cm³/mol. The normalized spacial score (nSPS) is 32.9. The zero-order chi connectivity index (χ0) is 9.97. The lowest BCUT2D eigenvalue weighted by Gasteiger charge is -2.32. The van der Waals surface area contributed by atoms with Crippen LogP contribution < -0.4 is 5.32 Å². The summed E-state index contributed by atoms with van der Waals surface area (Å²) in [5.41, 5.74) is 1.28. The average molecular weight is 191 g/mol. The maximum Gasteiger partial charge on any atom is 0.115 e. The Morgan fingerprint density at radius 3 is 2.29 bits per heavy atom. The Labute approximate surface area is 85.0 Å². The summed E-state index contributed by atoms with van der Waals surface area (Å²) in [6.07, 6.45) is 7.87. The molecule has 0 bridgehead atoms. The van der Waals surface area contributed by atoms with Crippen molar-refractivity contribution in [2.45, 2.75) is 44.7 Å². The number of nitrogens with zero attached hydrogens (tertiary/aromatic N) is 2. The maximum atomic E-state index is 4.08. The number of hydrogen-bond donors (Lipinski definition) is 1. The van der Waals surface area contributed by atoms with Crippen molar-refractivity contribution >= 4 is 0 Å². The number of piperidine rings is 1. The summed E-state index contributed by atoms with van der Waals surface area (Å²) >= 11 is 0. The van der Waals surface area contributed by atoms with Crippen LogP contribution in [0.25, 0.3) is 0 Å². The molecule has 1 N–H and O–H groups in total. The Bertz CT molecular complexity index is 276. The molecule has 0 aromatic carbocycles. The first kappa shape index (κ1) is 9.59. The predicted octanol–water partition coefficient (Wildman–Crippen LogP) is 1.72. The van der Waals surface area contributed by atoms with E-state index in [-0.39, 0.29) is 0 Å². The van der Waals surface area contributed by atoms with Gasteiger partial charge in [-0.1, -0.05) is 0 Å². The minimum absolute atomic E-state index is 0.601. The van der Waals surface area contributed by atoms with E-state index < -0.39 is 0 Å². The third kappa shape index (κ3) is 2.10. The van der Waals surface area contributed by atoms with Crippen molar-refractivity contribution in [2.75, 3.05) is 0 Å². The van der Waals surface area contributed by atoms with Crippen molar-refractivity contribution in [3.05, 3.63) is 24.3 Å². The summed E-state index contributed by atoms with van der Waals surface area (Å²) in [6.45, 7) is 4.49. The molecule has 2 rings (SSSR count). The van der Waals surface area contributed by atoms with Crippen LogP contribution in [0.4, 0.5) is 0 Å². The van der Waals surface area contributed by atoms with E-state index in [9.17, 15) is 0 Å². The molecule has 0 amide bonds. The summed E-state index contributed by atoms with van der Waals surface area (Å²) in [5.74, 6) is 0.627. The van der Waals surface area contributed by atoms with E-state index >= 15 is 0 Å². The first-order valence-corrected chi connectivity index (χ1v) is 5.26. The van der Waals surface area contributed by atoms with Gasteiger partial charge in [-0.15, -0.1) is 0 Å². The molecule has 76 valence electrons. The lowest BCUT2D eigenvalue weighted by molar-refractivity contribution is 0.316. The van der Waals surface area contributed by atoms with E-state index in [1.54, 1.807) is 6.33 Å². The third-order valence-corrected chi connectivity index (χ3v) is 2.90. The van der Waals surface area contributed by atoms with E-state index in [4.69, 9.17) is 0 Å². The van der Waals surface area contributed by atoms with E-state index in [0.29, 0.717) is 18.0 Å². The van der Waals surface area contributed by atoms with Crippen LogP contribution in [-0.4, -0.2) is 22.1 Å². The van der Waals surface area contributed by atoms with Gasteiger partial charge in [0.05, 0.1) is 0 Å². The Morgan fingerprint density at radius 1 is 1.14 bits per heavy atom. The van der Waals surface area contributed by atoms with Crippen LogP contribution >= 0.6 is 0 Å². The van der Waals surface area contributed by atoms with E-state index in [2.05, 4.69) is 29.1 Å². The van der Waals surface area contributed by atoms with E-state index in [1.165, 1.54) is 18.4 Å². The zero-order valence-electron chi connectivity index (χ0n) is 8.77. The van der Waals surface area contributed by atoms with Gasteiger partial charge < -0.3 is 5.32 Å². The largest absolute Gasteiger partial charge is 0.312 e. The molecular formula is C11H17N3. The van der Waals surface area contributed by atoms with Crippen LogP contribution in [0.2, 0.25) is 0 Å². The third-order valence-electron chi connectivity index (χ3n) is 2.90. The molecule has 1 aliphatic heterocycles. The molecule has 14 heavy (non-hydrogen) atoms. The average Bonchev–Trinajstić information content (AvgIpc) is 2.18. The van der Waals surface area contributed by atoms with Crippen LogP contribution in [0.5, 0.6) is 0 Å². The lowest BCUT2D eigenvalue weighted by atomic mass is 9.85. The highest BCUT2D eigenvalue weighted by Gasteiger charge is 2.24. The van der Waals surface area contributed by atoms with E-state index in [0.717, 1.165) is 0 Å². The van der Waals surface area contributed by atoms with Crippen molar-refractivity contribution in [3.8, 4) is 0 Å². The molecule has 1 aromatic heterocycles. The van der Waals surface area contributed by atoms with Gasteiger partial charge >= 0.3 is 0 Å². The van der Waals surface area contributed by atoms with Crippen LogP contribution in [0.15, 0.2) is 18.7 Å². The summed E-state index contributed by atoms with van der Waals surface area (Å²) in [6, 6.07) is 1.20. The molecule has 2 atom stereocenters. The smallest absolute Gasteiger partial charge is 0.115 e. The Balaban J connectivity index is 2.11. The molecule has 1 aliphatic rings. The molecule has 2 unspecified atom stereocenters. The molecule has 3 nitrogen and oxygen atoms in total. The number of rotatable bonds is 1. The highest BCUT2D eigenvalue weighted by molar-refractivity contribution is 5.12. The maximum absolute atomic E-state index is 4.08. The summed E-state index contributed by atoms with van der Waals surface area (Å²) in [5, 5.41) is 3.54. The van der Waals surface area contributed by atoms with Crippen LogP contribution in [0.1, 0.15) is 38.2 Å². The molecule has 1 saturated heterocycles. The Kier molecular flexibility index (Phi) is 2.77. The standard InChI is InChI=1S/C11H17N3/c1-8-3-10(4-9(2)14-8)11-5-12-7-13-6-11/h5-10,14H,3-4H2,1-2H3. The lowest BCUT2D eigenvalue weighted by Crippen LogP contribution is -2.41. The van der Waals surface area contributed by atoms with Gasteiger partial charge in [0, 0.05) is 24.5 Å². The second-order valence-electron chi connectivity index (χ2n) is 4.31. The summed E-state index contributed by atoms with van der Waals surface area (Å²) in [4.78, 5) is 8.16. The van der Waals surface area contributed by atoms with Gasteiger partial charge in [0.1, 0.15) is 6.33 Å². The first-order chi connectivity index (χ1) is 6.75. The van der Waals surface area contributed by atoms with Gasteiger partial charge in [-0.25, -0.2) is 9.97 Å². The zero-order valence-corrected chi connectivity index (χ0v) is 8.77. The quantitative estimate of drug-likeness (QED) is 0.734. The first-order valence-electron chi connectivity index (χ1n) is 5.26. The molecule has 0 aliphatic carbocycles. The highest BCUT2D eigenvalue weighted by atomic mass is 15.0. The van der Waals surface area contributed by atoms with Gasteiger partial charge in [-0.05, 0) is 38.2 Å². The minimum Gasteiger partial charge on any atom is -0.312 e. The molecule has 2 heterocycles. The fourth-order valence-corrected chi connectivity index (χ4v) is 2.37. The monoisotopic (exact) mass is 191 g/mol. The van der Waals surface area contributed by atoms with Gasteiger partial charge in [0.2, 0.25) is 0 Å². The van der Waals surface area contributed by atoms with Gasteiger partial charge in [0.15, 0.2) is 0 Å². The molecule has 0 saturated carbocycles. The fraction of sp³-hybridized carbons (Fsp3) is 0.636. The molecule has 0 radical (unpaired) electrons. The van der Waals surface area contributed by atoms with Gasteiger partial charge in [0.25, 0.3) is 0 Å². The second-order valence-corrected chi connectivity index (χ2v) is 4.31. The van der Waals surface area contributed by atoms with Crippen LogP contribution in [0.3, 0.4) is 0 Å². The van der Waals surface area contributed by atoms with Crippen molar-refractivity contribution in [2.24, 2.45) is 0 Å². The van der Waals surface area contributed by atoms with Crippen LogP contribution in [0, 0.1) is 0 Å². The Hall–Kier alpha value is -0.960. The van der Waals surface area contributed by atoms with Crippen molar-refractivity contribution in [1.82, 2.24) is 15.3 Å². The number of aromatic nitrogens is 2. The van der Waals surface area contributed by atoms with Gasteiger partial charge in [-0.2, -0.15) is 0 Å². The molecule has 1 fully saturated rings.